The Balaban J connectivity index is 2.17. The van der Waals surface area contributed by atoms with Crippen LogP contribution >= 0.6 is 15.9 Å². The first kappa shape index (κ1) is 13.4. The van der Waals surface area contributed by atoms with E-state index in [1.165, 1.54) is 0 Å². The zero-order chi connectivity index (χ0) is 13.1. The smallest absolute Gasteiger partial charge is 0.255 e. The quantitative estimate of drug-likeness (QED) is 0.841. The number of carbonyl (C=O) groups is 1. The average Bonchev–Trinajstić information content (AvgIpc) is 2.37. The Labute approximate surface area is 115 Å². The molecule has 1 amide bonds. The predicted octanol–water partition coefficient (Wildman–Crippen LogP) is 2.32. The van der Waals surface area contributed by atoms with Crippen molar-refractivity contribution < 1.29 is 14.3 Å². The first-order valence-electron chi connectivity index (χ1n) is 5.86. The molecule has 0 bridgehead atoms. The topological polar surface area (TPSA) is 38.8 Å². The Bertz CT molecular complexity index is 450. The number of rotatable bonds is 2. The second kappa shape index (κ2) is 5.71. The number of methoxy groups -OCH3 is 1. The van der Waals surface area contributed by atoms with Gasteiger partial charge in [0.2, 0.25) is 0 Å². The molecule has 1 aromatic rings. The maximum atomic E-state index is 12.4. The van der Waals surface area contributed by atoms with Gasteiger partial charge in [-0.25, -0.2) is 0 Å². The molecule has 98 valence electrons. The molecule has 1 aliphatic heterocycles. The lowest BCUT2D eigenvalue weighted by atomic mass is 10.1. The number of ether oxygens (including phenoxy) is 2. The molecule has 1 fully saturated rings. The molecule has 1 heterocycles. The highest BCUT2D eigenvalue weighted by atomic mass is 79.9. The lowest BCUT2D eigenvalue weighted by Gasteiger charge is -2.31. The highest BCUT2D eigenvalue weighted by Gasteiger charge is 2.23. The number of hydrogen-bond donors (Lipinski definition) is 0. The van der Waals surface area contributed by atoms with E-state index in [0.29, 0.717) is 25.3 Å². The molecule has 4 nitrogen and oxygen atoms in total. The molecule has 0 radical (unpaired) electrons. The summed E-state index contributed by atoms with van der Waals surface area (Å²) in [5.74, 6) is 0.758. The van der Waals surface area contributed by atoms with E-state index in [1.807, 2.05) is 11.8 Å². The zero-order valence-electron chi connectivity index (χ0n) is 10.5. The monoisotopic (exact) mass is 313 g/mol. The fourth-order valence-corrected chi connectivity index (χ4v) is 2.50. The van der Waals surface area contributed by atoms with Crippen molar-refractivity contribution in [3.05, 3.63) is 28.2 Å². The van der Waals surface area contributed by atoms with Crippen LogP contribution in [0, 0.1) is 0 Å². The van der Waals surface area contributed by atoms with E-state index in [9.17, 15) is 4.79 Å². The maximum absolute atomic E-state index is 12.4. The second-order valence-corrected chi connectivity index (χ2v) is 5.13. The fourth-order valence-electron chi connectivity index (χ4n) is 1.97. The van der Waals surface area contributed by atoms with Crippen molar-refractivity contribution in [1.29, 1.82) is 0 Å². The van der Waals surface area contributed by atoms with Crippen LogP contribution in [0.25, 0.3) is 0 Å². The number of carbonyl (C=O) groups excluding carboxylic acids is 1. The number of morpholine rings is 1. The number of nitrogens with zero attached hydrogens (tertiary/aromatic N) is 1. The van der Waals surface area contributed by atoms with Gasteiger partial charge in [0.05, 0.1) is 25.4 Å². The van der Waals surface area contributed by atoms with Crippen molar-refractivity contribution >= 4 is 21.8 Å². The van der Waals surface area contributed by atoms with E-state index in [1.54, 1.807) is 25.3 Å². The molecule has 0 aliphatic carbocycles. The molecule has 0 unspecified atom stereocenters. The van der Waals surface area contributed by atoms with Crippen molar-refractivity contribution in [2.75, 3.05) is 26.8 Å². The molecular weight excluding hydrogens is 298 g/mol. The van der Waals surface area contributed by atoms with E-state index >= 15 is 0 Å². The molecule has 1 saturated heterocycles. The molecule has 1 aliphatic rings. The Morgan fingerprint density at radius 1 is 1.56 bits per heavy atom. The van der Waals surface area contributed by atoms with Crippen LogP contribution in [-0.2, 0) is 4.74 Å². The van der Waals surface area contributed by atoms with Crippen molar-refractivity contribution in [3.8, 4) is 5.75 Å². The molecule has 0 saturated carbocycles. The van der Waals surface area contributed by atoms with E-state index in [-0.39, 0.29) is 12.0 Å². The van der Waals surface area contributed by atoms with Crippen LogP contribution < -0.4 is 4.74 Å². The van der Waals surface area contributed by atoms with Gasteiger partial charge >= 0.3 is 0 Å². The van der Waals surface area contributed by atoms with Crippen molar-refractivity contribution in [1.82, 2.24) is 4.90 Å². The van der Waals surface area contributed by atoms with Crippen LogP contribution in [0.5, 0.6) is 5.75 Å². The molecule has 0 N–H and O–H groups in total. The Morgan fingerprint density at radius 3 is 2.94 bits per heavy atom. The summed E-state index contributed by atoms with van der Waals surface area (Å²) in [6.07, 6.45) is 0.0970. The minimum Gasteiger partial charge on any atom is -0.497 e. The third-order valence-electron chi connectivity index (χ3n) is 2.93. The van der Waals surface area contributed by atoms with Gasteiger partial charge in [-0.1, -0.05) is 0 Å². The molecular formula is C13H16BrNO3. The normalized spacial score (nSPS) is 19.7. The Morgan fingerprint density at radius 2 is 2.33 bits per heavy atom. The summed E-state index contributed by atoms with van der Waals surface area (Å²) in [4.78, 5) is 14.2. The number of amides is 1. The first-order valence-corrected chi connectivity index (χ1v) is 6.65. The summed E-state index contributed by atoms with van der Waals surface area (Å²) in [5.41, 5.74) is 0.657. The zero-order valence-corrected chi connectivity index (χ0v) is 12.1. The van der Waals surface area contributed by atoms with Gasteiger partial charge in [-0.05, 0) is 41.1 Å². The summed E-state index contributed by atoms with van der Waals surface area (Å²) in [5, 5.41) is 0. The molecule has 1 aromatic carbocycles. The summed E-state index contributed by atoms with van der Waals surface area (Å²) in [7, 11) is 1.60. The van der Waals surface area contributed by atoms with Crippen LogP contribution in [0.15, 0.2) is 22.7 Å². The first-order chi connectivity index (χ1) is 8.61. The SMILES string of the molecule is COc1ccc(C(=O)N2CCO[C@H](C)C2)c(Br)c1. The molecule has 0 aromatic heterocycles. The maximum Gasteiger partial charge on any atom is 0.255 e. The van der Waals surface area contributed by atoms with Gasteiger partial charge < -0.3 is 14.4 Å². The average molecular weight is 314 g/mol. The minimum absolute atomic E-state index is 0.0275. The van der Waals surface area contributed by atoms with Crippen molar-refractivity contribution in [2.24, 2.45) is 0 Å². The summed E-state index contributed by atoms with van der Waals surface area (Å²) in [6, 6.07) is 5.38. The summed E-state index contributed by atoms with van der Waals surface area (Å²) in [6.45, 7) is 3.85. The van der Waals surface area contributed by atoms with Gasteiger partial charge in [0.15, 0.2) is 0 Å². The van der Waals surface area contributed by atoms with Gasteiger partial charge in [-0.15, -0.1) is 0 Å². The number of hydrogen-bond acceptors (Lipinski definition) is 3. The van der Waals surface area contributed by atoms with Crippen molar-refractivity contribution in [3.63, 3.8) is 0 Å². The molecule has 0 spiro atoms. The van der Waals surface area contributed by atoms with Crippen LogP contribution in [0.1, 0.15) is 17.3 Å². The van der Waals surface area contributed by atoms with E-state index in [4.69, 9.17) is 9.47 Å². The van der Waals surface area contributed by atoms with Crippen LogP contribution in [0.2, 0.25) is 0 Å². The molecule has 1 atom stereocenters. The minimum atomic E-state index is 0.0275. The van der Waals surface area contributed by atoms with E-state index < -0.39 is 0 Å². The Hall–Kier alpha value is -1.07. The largest absolute Gasteiger partial charge is 0.497 e. The highest BCUT2D eigenvalue weighted by molar-refractivity contribution is 9.10. The number of halogens is 1. The number of benzene rings is 1. The van der Waals surface area contributed by atoms with Crippen LogP contribution in [-0.4, -0.2) is 43.7 Å². The summed E-state index contributed by atoms with van der Waals surface area (Å²) < 4.78 is 11.3. The van der Waals surface area contributed by atoms with Gasteiger partial charge in [0.1, 0.15) is 5.75 Å². The van der Waals surface area contributed by atoms with E-state index in [0.717, 1.165) is 10.2 Å². The van der Waals surface area contributed by atoms with Crippen LogP contribution in [0.4, 0.5) is 0 Å². The van der Waals surface area contributed by atoms with E-state index in [2.05, 4.69) is 15.9 Å². The van der Waals surface area contributed by atoms with Gasteiger partial charge in [0.25, 0.3) is 5.91 Å². The third kappa shape index (κ3) is 2.84. The third-order valence-corrected chi connectivity index (χ3v) is 3.59. The summed E-state index contributed by atoms with van der Waals surface area (Å²) >= 11 is 3.41. The van der Waals surface area contributed by atoms with Crippen LogP contribution in [0.3, 0.4) is 0 Å². The van der Waals surface area contributed by atoms with Crippen molar-refractivity contribution in [2.45, 2.75) is 13.0 Å². The molecule has 2 rings (SSSR count). The van der Waals surface area contributed by atoms with Gasteiger partial charge in [0, 0.05) is 17.6 Å². The fraction of sp³-hybridized carbons (Fsp3) is 0.462. The Kier molecular flexibility index (Phi) is 4.24. The van der Waals surface area contributed by atoms with Gasteiger partial charge in [-0.2, -0.15) is 0 Å². The second-order valence-electron chi connectivity index (χ2n) is 4.28. The standard InChI is InChI=1S/C13H16BrNO3/c1-9-8-15(5-6-18-9)13(16)11-4-3-10(17-2)7-12(11)14/h3-4,7,9H,5-6,8H2,1-2H3/t9-/m1/s1. The lowest BCUT2D eigenvalue weighted by molar-refractivity contribution is -0.0124. The molecule has 5 heteroatoms. The highest BCUT2D eigenvalue weighted by Crippen LogP contribution is 2.24. The molecule has 18 heavy (non-hydrogen) atoms. The predicted molar refractivity (Wildman–Crippen MR) is 72.0 cm³/mol. The lowest BCUT2D eigenvalue weighted by Crippen LogP contribution is -2.44. The van der Waals surface area contributed by atoms with Gasteiger partial charge in [-0.3, -0.25) is 4.79 Å².